The minimum Gasteiger partial charge on any atom is -0.333 e. The van der Waals surface area contributed by atoms with Gasteiger partial charge >= 0.3 is 6.18 Å². The van der Waals surface area contributed by atoms with Crippen molar-refractivity contribution in [3.63, 3.8) is 0 Å². The number of thiocarbonyl (C=S) groups is 1. The van der Waals surface area contributed by atoms with E-state index in [0.29, 0.717) is 24.4 Å². The van der Waals surface area contributed by atoms with E-state index in [1.54, 1.807) is 0 Å². The molecule has 1 N–H and O–H groups in total. The summed E-state index contributed by atoms with van der Waals surface area (Å²) in [5.41, 5.74) is -1.09. The Morgan fingerprint density at radius 3 is 2.41 bits per heavy atom. The SMILES string of the molecule is Fc1cc(F)c([C@H]2SCCN2C(=S)Nc2cccc(C(F)(F)F)c2)c(F)c1. The van der Waals surface area contributed by atoms with E-state index in [0.717, 1.165) is 12.1 Å². The van der Waals surface area contributed by atoms with Gasteiger partial charge in [0.25, 0.3) is 0 Å². The number of anilines is 1. The monoisotopic (exact) mass is 422 g/mol. The van der Waals surface area contributed by atoms with E-state index >= 15 is 0 Å². The first kappa shape index (κ1) is 19.8. The molecule has 1 fully saturated rings. The summed E-state index contributed by atoms with van der Waals surface area (Å²) in [6.07, 6.45) is -4.51. The van der Waals surface area contributed by atoms with Gasteiger partial charge in [0.15, 0.2) is 5.11 Å². The molecule has 27 heavy (non-hydrogen) atoms. The average molecular weight is 422 g/mol. The third-order valence-corrected chi connectivity index (χ3v) is 5.44. The molecule has 2 aromatic rings. The molecule has 0 bridgehead atoms. The first-order chi connectivity index (χ1) is 12.7. The van der Waals surface area contributed by atoms with Crippen molar-refractivity contribution in [3.8, 4) is 0 Å². The van der Waals surface area contributed by atoms with E-state index in [1.165, 1.54) is 28.8 Å². The lowest BCUT2D eigenvalue weighted by Crippen LogP contribution is -2.34. The molecule has 3 rings (SSSR count). The summed E-state index contributed by atoms with van der Waals surface area (Å²) in [7, 11) is 0. The van der Waals surface area contributed by atoms with Crippen molar-refractivity contribution in [3.05, 3.63) is 65.0 Å². The van der Waals surface area contributed by atoms with E-state index in [-0.39, 0.29) is 16.4 Å². The van der Waals surface area contributed by atoms with Crippen molar-refractivity contribution >= 4 is 34.8 Å². The van der Waals surface area contributed by atoms with Crippen molar-refractivity contribution in [2.24, 2.45) is 0 Å². The van der Waals surface area contributed by atoms with Gasteiger partial charge in [0.05, 0.1) is 11.1 Å². The summed E-state index contributed by atoms with van der Waals surface area (Å²) < 4.78 is 79.8. The second-order valence-corrected chi connectivity index (χ2v) is 7.28. The lowest BCUT2D eigenvalue weighted by atomic mass is 10.1. The Morgan fingerprint density at radius 1 is 1.11 bits per heavy atom. The number of nitrogens with one attached hydrogen (secondary N) is 1. The zero-order valence-electron chi connectivity index (χ0n) is 13.5. The van der Waals surface area contributed by atoms with Crippen LogP contribution in [0, 0.1) is 17.5 Å². The van der Waals surface area contributed by atoms with Gasteiger partial charge in [-0.15, -0.1) is 11.8 Å². The molecule has 1 saturated heterocycles. The second kappa shape index (κ2) is 7.59. The van der Waals surface area contributed by atoms with Gasteiger partial charge < -0.3 is 10.2 Å². The third-order valence-electron chi connectivity index (χ3n) is 3.88. The molecule has 1 atom stereocenters. The van der Waals surface area contributed by atoms with Crippen LogP contribution in [0.4, 0.5) is 32.0 Å². The minimum absolute atomic E-state index is 0.0208. The maximum absolute atomic E-state index is 14.1. The maximum Gasteiger partial charge on any atom is 0.416 e. The van der Waals surface area contributed by atoms with Crippen molar-refractivity contribution in [2.45, 2.75) is 11.6 Å². The van der Waals surface area contributed by atoms with Crippen LogP contribution in [0.15, 0.2) is 36.4 Å². The van der Waals surface area contributed by atoms with E-state index in [2.05, 4.69) is 5.32 Å². The van der Waals surface area contributed by atoms with Crippen LogP contribution in [0.25, 0.3) is 0 Å². The Bertz CT molecular complexity index is 848. The quantitative estimate of drug-likeness (QED) is 0.503. The molecule has 0 saturated carbocycles. The van der Waals surface area contributed by atoms with Crippen molar-refractivity contribution in [1.29, 1.82) is 0 Å². The molecule has 10 heteroatoms. The highest BCUT2D eigenvalue weighted by Crippen LogP contribution is 2.41. The molecule has 0 aromatic heterocycles. The van der Waals surface area contributed by atoms with Crippen LogP contribution in [-0.2, 0) is 6.18 Å². The molecule has 0 aliphatic carbocycles. The Morgan fingerprint density at radius 2 is 1.78 bits per heavy atom. The predicted molar refractivity (Wildman–Crippen MR) is 95.9 cm³/mol. The van der Waals surface area contributed by atoms with Gasteiger partial charge in [-0.05, 0) is 30.4 Å². The molecule has 0 unspecified atom stereocenters. The maximum atomic E-state index is 14.1. The molecule has 1 aliphatic rings. The van der Waals surface area contributed by atoms with E-state index in [4.69, 9.17) is 12.2 Å². The summed E-state index contributed by atoms with van der Waals surface area (Å²) in [4.78, 5) is 1.46. The topological polar surface area (TPSA) is 15.3 Å². The largest absolute Gasteiger partial charge is 0.416 e. The molecular formula is C17H12F6N2S2. The molecule has 2 nitrogen and oxygen atoms in total. The smallest absolute Gasteiger partial charge is 0.333 e. The van der Waals surface area contributed by atoms with Gasteiger partial charge in [-0.2, -0.15) is 13.2 Å². The van der Waals surface area contributed by atoms with Gasteiger partial charge in [-0.3, -0.25) is 0 Å². The fourth-order valence-corrected chi connectivity index (χ4v) is 4.36. The number of benzene rings is 2. The molecule has 0 radical (unpaired) electrons. The molecule has 2 aromatic carbocycles. The second-order valence-electron chi connectivity index (χ2n) is 5.71. The number of thioether (sulfide) groups is 1. The first-order valence-corrected chi connectivity index (χ1v) is 9.13. The fourth-order valence-electron chi connectivity index (χ4n) is 2.67. The van der Waals surface area contributed by atoms with Gasteiger partial charge in [0.2, 0.25) is 0 Å². The zero-order valence-corrected chi connectivity index (χ0v) is 15.1. The summed E-state index contributed by atoms with van der Waals surface area (Å²) in [5, 5.41) is 1.84. The molecule has 0 spiro atoms. The molecule has 1 aliphatic heterocycles. The van der Waals surface area contributed by atoms with Crippen LogP contribution in [-0.4, -0.2) is 22.3 Å². The molecule has 1 heterocycles. The summed E-state index contributed by atoms with van der Waals surface area (Å²) >= 11 is 6.42. The predicted octanol–water partition coefficient (Wildman–Crippen LogP) is 5.57. The van der Waals surface area contributed by atoms with Crippen LogP contribution < -0.4 is 5.32 Å². The van der Waals surface area contributed by atoms with E-state index in [1.807, 2.05) is 0 Å². The number of rotatable bonds is 2. The van der Waals surface area contributed by atoms with Gasteiger partial charge in [-0.1, -0.05) is 6.07 Å². The van der Waals surface area contributed by atoms with Crippen LogP contribution in [0.2, 0.25) is 0 Å². The Kier molecular flexibility index (Phi) is 5.57. The van der Waals surface area contributed by atoms with Gasteiger partial charge in [0.1, 0.15) is 22.8 Å². The number of halogens is 6. The highest BCUT2D eigenvalue weighted by Gasteiger charge is 2.34. The van der Waals surface area contributed by atoms with Crippen LogP contribution in [0.1, 0.15) is 16.5 Å². The number of nitrogens with zero attached hydrogens (tertiary/aromatic N) is 1. The standard InChI is InChI=1S/C17H12F6N2S2/c18-10-7-12(19)14(13(20)8-10)15-25(4-5-27-15)16(26)24-11-3-1-2-9(6-11)17(21,22)23/h1-3,6-8,15H,4-5H2,(H,24,26)/t15-/m1/s1. The van der Waals surface area contributed by atoms with Crippen molar-refractivity contribution in [1.82, 2.24) is 4.90 Å². The zero-order chi connectivity index (χ0) is 19.8. The average Bonchev–Trinajstić information content (AvgIpc) is 3.02. The first-order valence-electron chi connectivity index (χ1n) is 7.68. The molecule has 0 amide bonds. The fraction of sp³-hybridized carbons (Fsp3) is 0.235. The highest BCUT2D eigenvalue weighted by atomic mass is 32.2. The summed E-state index contributed by atoms with van der Waals surface area (Å²) in [6.45, 7) is 0.330. The van der Waals surface area contributed by atoms with Gasteiger partial charge in [-0.25, -0.2) is 13.2 Å². The Labute approximate surface area is 160 Å². The Hall–Kier alpha value is -1.94. The summed E-state index contributed by atoms with van der Waals surface area (Å²) in [6, 6.07) is 5.61. The number of hydrogen-bond acceptors (Lipinski definition) is 2. The minimum atomic E-state index is -4.51. The van der Waals surface area contributed by atoms with E-state index < -0.39 is 34.6 Å². The van der Waals surface area contributed by atoms with E-state index in [9.17, 15) is 26.3 Å². The van der Waals surface area contributed by atoms with Crippen LogP contribution >= 0.6 is 24.0 Å². The third kappa shape index (κ3) is 4.32. The molecular weight excluding hydrogens is 410 g/mol. The van der Waals surface area contributed by atoms with Gasteiger partial charge in [0, 0.05) is 30.1 Å². The lowest BCUT2D eigenvalue weighted by Gasteiger charge is -2.27. The number of alkyl halides is 3. The van der Waals surface area contributed by atoms with Crippen LogP contribution in [0.5, 0.6) is 0 Å². The van der Waals surface area contributed by atoms with Crippen molar-refractivity contribution in [2.75, 3.05) is 17.6 Å². The molecule has 144 valence electrons. The lowest BCUT2D eigenvalue weighted by molar-refractivity contribution is -0.137. The highest BCUT2D eigenvalue weighted by molar-refractivity contribution is 7.99. The normalized spacial score (nSPS) is 17.3. The Balaban J connectivity index is 1.83. The number of hydrogen-bond donors (Lipinski definition) is 1. The van der Waals surface area contributed by atoms with Crippen LogP contribution in [0.3, 0.4) is 0 Å². The summed E-state index contributed by atoms with van der Waals surface area (Å²) in [5.74, 6) is -2.63. The van der Waals surface area contributed by atoms with Crippen molar-refractivity contribution < 1.29 is 26.3 Å².